The third-order valence-electron chi connectivity index (χ3n) is 3.94. The van der Waals surface area contributed by atoms with Gasteiger partial charge in [0.05, 0.1) is 12.5 Å². The summed E-state index contributed by atoms with van der Waals surface area (Å²) in [5.41, 5.74) is 0.963. The summed E-state index contributed by atoms with van der Waals surface area (Å²) in [6.45, 7) is 0.354. The van der Waals surface area contributed by atoms with Crippen molar-refractivity contribution < 1.29 is 14.7 Å². The van der Waals surface area contributed by atoms with E-state index in [1.807, 2.05) is 30.3 Å². The molecule has 1 saturated carbocycles. The second kappa shape index (κ2) is 8.54. The molecule has 2 rings (SSSR count). The zero-order valence-corrected chi connectivity index (χ0v) is 12.8. The first-order chi connectivity index (χ1) is 10.6. The zero-order chi connectivity index (χ0) is 15.8. The van der Waals surface area contributed by atoms with Gasteiger partial charge < -0.3 is 15.7 Å². The van der Waals surface area contributed by atoms with Crippen LogP contribution in [0.15, 0.2) is 30.3 Å². The molecule has 22 heavy (non-hydrogen) atoms. The predicted molar refractivity (Wildman–Crippen MR) is 84.2 cm³/mol. The minimum absolute atomic E-state index is 0.0404. The van der Waals surface area contributed by atoms with Crippen LogP contribution in [0.2, 0.25) is 0 Å². The van der Waals surface area contributed by atoms with Crippen LogP contribution in [0.1, 0.15) is 37.7 Å². The molecular weight excluding hydrogens is 280 g/mol. The van der Waals surface area contributed by atoms with Gasteiger partial charge in [-0.25, -0.2) is 0 Å². The lowest BCUT2D eigenvalue weighted by atomic mass is 9.93. The SMILES string of the molecule is O=C(Cc1ccccc1)NCCC(=O)NC1CCC(O)CC1. The van der Waals surface area contributed by atoms with Crippen LogP contribution in [0.3, 0.4) is 0 Å². The molecule has 0 bridgehead atoms. The summed E-state index contributed by atoms with van der Waals surface area (Å²) in [6.07, 6.45) is 3.56. The van der Waals surface area contributed by atoms with E-state index in [2.05, 4.69) is 10.6 Å². The van der Waals surface area contributed by atoms with Gasteiger partial charge in [-0.15, -0.1) is 0 Å². The smallest absolute Gasteiger partial charge is 0.224 e. The third-order valence-corrected chi connectivity index (χ3v) is 3.94. The molecule has 5 heteroatoms. The largest absolute Gasteiger partial charge is 0.393 e. The summed E-state index contributed by atoms with van der Waals surface area (Å²) in [5, 5.41) is 15.2. The highest BCUT2D eigenvalue weighted by atomic mass is 16.3. The van der Waals surface area contributed by atoms with E-state index in [0.717, 1.165) is 31.2 Å². The minimum Gasteiger partial charge on any atom is -0.393 e. The molecule has 1 aliphatic carbocycles. The van der Waals surface area contributed by atoms with Gasteiger partial charge in [0.25, 0.3) is 0 Å². The van der Waals surface area contributed by atoms with Crippen molar-refractivity contribution in [2.45, 2.75) is 50.7 Å². The summed E-state index contributed by atoms with van der Waals surface area (Å²) in [5.74, 6) is -0.110. The van der Waals surface area contributed by atoms with E-state index in [1.165, 1.54) is 0 Å². The molecule has 120 valence electrons. The summed E-state index contributed by atoms with van der Waals surface area (Å²) in [4.78, 5) is 23.6. The Bertz CT molecular complexity index is 482. The maximum atomic E-state index is 11.8. The Labute approximate surface area is 131 Å². The van der Waals surface area contributed by atoms with Gasteiger partial charge in [-0.3, -0.25) is 9.59 Å². The van der Waals surface area contributed by atoms with Crippen LogP contribution in [0, 0.1) is 0 Å². The summed E-state index contributed by atoms with van der Waals surface area (Å²) in [6, 6.07) is 9.69. The van der Waals surface area contributed by atoms with Gasteiger partial charge in [0, 0.05) is 19.0 Å². The molecule has 0 radical (unpaired) electrons. The van der Waals surface area contributed by atoms with E-state index in [0.29, 0.717) is 19.4 Å². The Morgan fingerprint density at radius 1 is 1.05 bits per heavy atom. The van der Waals surface area contributed by atoms with Gasteiger partial charge in [0.2, 0.25) is 11.8 Å². The average molecular weight is 304 g/mol. The minimum atomic E-state index is -0.217. The molecule has 0 spiro atoms. The summed E-state index contributed by atoms with van der Waals surface area (Å²) in [7, 11) is 0. The lowest BCUT2D eigenvalue weighted by molar-refractivity contribution is -0.122. The van der Waals surface area contributed by atoms with Crippen LogP contribution in [0.5, 0.6) is 0 Å². The topological polar surface area (TPSA) is 78.4 Å². The average Bonchev–Trinajstić information content (AvgIpc) is 2.50. The molecule has 1 fully saturated rings. The van der Waals surface area contributed by atoms with E-state index in [4.69, 9.17) is 0 Å². The Morgan fingerprint density at radius 3 is 2.41 bits per heavy atom. The molecule has 0 aromatic heterocycles. The van der Waals surface area contributed by atoms with E-state index in [-0.39, 0.29) is 24.0 Å². The quantitative estimate of drug-likeness (QED) is 0.738. The van der Waals surface area contributed by atoms with Crippen LogP contribution in [0.25, 0.3) is 0 Å². The molecule has 0 atom stereocenters. The number of rotatable bonds is 6. The Morgan fingerprint density at radius 2 is 1.73 bits per heavy atom. The number of carbonyl (C=O) groups is 2. The van der Waals surface area contributed by atoms with Crippen molar-refractivity contribution in [1.82, 2.24) is 10.6 Å². The molecule has 3 N–H and O–H groups in total. The van der Waals surface area contributed by atoms with Gasteiger partial charge in [0.1, 0.15) is 0 Å². The molecule has 0 aliphatic heterocycles. The number of aliphatic hydroxyl groups excluding tert-OH is 1. The number of aliphatic hydroxyl groups is 1. The first kappa shape index (κ1) is 16.5. The van der Waals surface area contributed by atoms with Gasteiger partial charge in [0.15, 0.2) is 0 Å². The first-order valence-corrected chi connectivity index (χ1v) is 7.91. The highest BCUT2D eigenvalue weighted by Crippen LogP contribution is 2.18. The summed E-state index contributed by atoms with van der Waals surface area (Å²) < 4.78 is 0. The number of hydrogen-bond acceptors (Lipinski definition) is 3. The fraction of sp³-hybridized carbons (Fsp3) is 0.529. The van der Waals surface area contributed by atoms with Crippen LogP contribution in [0.4, 0.5) is 0 Å². The van der Waals surface area contributed by atoms with Gasteiger partial charge in [-0.1, -0.05) is 30.3 Å². The van der Waals surface area contributed by atoms with E-state index in [9.17, 15) is 14.7 Å². The van der Waals surface area contributed by atoms with E-state index < -0.39 is 0 Å². The van der Waals surface area contributed by atoms with Crippen molar-refractivity contribution >= 4 is 11.8 Å². The Kier molecular flexibility index (Phi) is 6.40. The fourth-order valence-electron chi connectivity index (χ4n) is 2.68. The van der Waals surface area contributed by atoms with Gasteiger partial charge >= 0.3 is 0 Å². The van der Waals surface area contributed by atoms with Gasteiger partial charge in [-0.2, -0.15) is 0 Å². The maximum absolute atomic E-state index is 11.8. The van der Waals surface area contributed by atoms with Crippen molar-refractivity contribution in [3.8, 4) is 0 Å². The highest BCUT2D eigenvalue weighted by Gasteiger charge is 2.20. The normalized spacial score (nSPS) is 21.1. The molecule has 1 aromatic carbocycles. The maximum Gasteiger partial charge on any atom is 0.224 e. The monoisotopic (exact) mass is 304 g/mol. The number of benzene rings is 1. The standard InChI is InChI=1S/C17H24N2O3/c20-15-8-6-14(7-9-15)19-16(21)10-11-18-17(22)12-13-4-2-1-3-5-13/h1-5,14-15,20H,6-12H2,(H,18,22)(H,19,21). The molecule has 2 amide bonds. The molecule has 1 aliphatic rings. The second-order valence-electron chi connectivity index (χ2n) is 5.84. The number of nitrogens with one attached hydrogen (secondary N) is 2. The fourth-order valence-corrected chi connectivity index (χ4v) is 2.68. The van der Waals surface area contributed by atoms with Crippen LogP contribution in [-0.2, 0) is 16.0 Å². The van der Waals surface area contributed by atoms with Crippen molar-refractivity contribution in [1.29, 1.82) is 0 Å². The lowest BCUT2D eigenvalue weighted by Gasteiger charge is -2.26. The van der Waals surface area contributed by atoms with Crippen molar-refractivity contribution in [3.63, 3.8) is 0 Å². The van der Waals surface area contributed by atoms with Crippen LogP contribution >= 0.6 is 0 Å². The van der Waals surface area contributed by atoms with Crippen LogP contribution < -0.4 is 10.6 Å². The highest BCUT2D eigenvalue weighted by molar-refractivity contribution is 5.80. The molecule has 5 nitrogen and oxygen atoms in total. The zero-order valence-electron chi connectivity index (χ0n) is 12.8. The number of hydrogen-bond donors (Lipinski definition) is 3. The number of amides is 2. The van der Waals surface area contributed by atoms with Crippen molar-refractivity contribution in [3.05, 3.63) is 35.9 Å². The third kappa shape index (κ3) is 5.85. The van der Waals surface area contributed by atoms with Crippen LogP contribution in [-0.4, -0.2) is 35.6 Å². The summed E-state index contributed by atoms with van der Waals surface area (Å²) >= 11 is 0. The molecule has 0 saturated heterocycles. The second-order valence-corrected chi connectivity index (χ2v) is 5.84. The molecular formula is C17H24N2O3. The number of carbonyl (C=O) groups excluding carboxylic acids is 2. The molecule has 0 heterocycles. The Balaban J connectivity index is 1.59. The first-order valence-electron chi connectivity index (χ1n) is 7.91. The van der Waals surface area contributed by atoms with Gasteiger partial charge in [-0.05, 0) is 31.2 Å². The molecule has 1 aromatic rings. The van der Waals surface area contributed by atoms with Crippen molar-refractivity contribution in [2.24, 2.45) is 0 Å². The van der Waals surface area contributed by atoms with E-state index >= 15 is 0 Å². The van der Waals surface area contributed by atoms with Crippen molar-refractivity contribution in [2.75, 3.05) is 6.54 Å². The lowest BCUT2D eigenvalue weighted by Crippen LogP contribution is -2.40. The Hall–Kier alpha value is -1.88. The molecule has 0 unspecified atom stereocenters. The predicted octanol–water partition coefficient (Wildman–Crippen LogP) is 1.16. The van der Waals surface area contributed by atoms with E-state index in [1.54, 1.807) is 0 Å².